The van der Waals surface area contributed by atoms with Gasteiger partial charge in [0.1, 0.15) is 5.82 Å². The van der Waals surface area contributed by atoms with Crippen LogP contribution < -0.4 is 5.73 Å². The highest BCUT2D eigenvalue weighted by molar-refractivity contribution is 5.78. The van der Waals surface area contributed by atoms with Crippen molar-refractivity contribution in [2.45, 2.75) is 13.1 Å². The largest absolute Gasteiger partial charge is 0.417 e. The fourth-order valence-electron chi connectivity index (χ4n) is 1.89. The van der Waals surface area contributed by atoms with Crippen molar-refractivity contribution in [3.8, 4) is 11.3 Å². The molecule has 0 bridgehead atoms. The molecule has 0 radical (unpaired) electrons. The van der Waals surface area contributed by atoms with Gasteiger partial charge in [-0.05, 0) is 13.0 Å². The zero-order valence-corrected chi connectivity index (χ0v) is 10.7. The van der Waals surface area contributed by atoms with Gasteiger partial charge in [-0.25, -0.2) is 9.97 Å². The quantitative estimate of drug-likeness (QED) is 0.679. The predicted octanol–water partition coefficient (Wildman–Crippen LogP) is 2.96. The van der Waals surface area contributed by atoms with E-state index in [0.29, 0.717) is 0 Å². The molecule has 0 saturated heterocycles. The normalized spacial score (nSPS) is 11.4. The Hall–Kier alpha value is -2.71. The van der Waals surface area contributed by atoms with E-state index in [1.165, 1.54) is 19.1 Å². The number of anilines is 1. The Labute approximate surface area is 116 Å². The molecule has 2 N–H and O–H groups in total. The summed E-state index contributed by atoms with van der Waals surface area (Å²) in [6.45, 7) is 1.39. The Morgan fingerprint density at radius 1 is 1.24 bits per heavy atom. The lowest BCUT2D eigenvalue weighted by Gasteiger charge is -2.13. The number of nitrogens with zero attached hydrogens (tertiary/aromatic N) is 3. The molecule has 0 atom stereocenters. The van der Waals surface area contributed by atoms with Crippen molar-refractivity contribution in [1.29, 1.82) is 0 Å². The third-order valence-corrected chi connectivity index (χ3v) is 2.69. The lowest BCUT2D eigenvalue weighted by atomic mass is 10.0. The molecule has 2 rings (SSSR count). The summed E-state index contributed by atoms with van der Waals surface area (Å²) in [6, 6.07) is 4.46. The maximum atomic E-state index is 13.0. The molecule has 1 heterocycles. The fraction of sp³-hybridized carbons (Fsp3) is 0.167. The molecule has 110 valence electrons. The minimum atomic E-state index is -4.67. The van der Waals surface area contributed by atoms with E-state index in [9.17, 15) is 23.3 Å². The summed E-state index contributed by atoms with van der Waals surface area (Å²) in [6.07, 6.45) is -4.67. The molecule has 0 fully saturated rings. The first-order chi connectivity index (χ1) is 9.71. The minimum Gasteiger partial charge on any atom is -0.378 e. The first-order valence-electron chi connectivity index (χ1n) is 5.67. The SMILES string of the molecule is Cc1nc(N)c([N+](=O)[O-])c(-c2ccccc2C(F)(F)F)n1. The van der Waals surface area contributed by atoms with Crippen molar-refractivity contribution in [3.05, 3.63) is 45.8 Å². The van der Waals surface area contributed by atoms with E-state index < -0.39 is 39.4 Å². The molecule has 0 spiro atoms. The average Bonchev–Trinajstić information content (AvgIpc) is 2.36. The third kappa shape index (κ3) is 2.76. The zero-order valence-electron chi connectivity index (χ0n) is 10.7. The van der Waals surface area contributed by atoms with E-state index in [4.69, 9.17) is 5.73 Å². The van der Waals surface area contributed by atoms with Crippen molar-refractivity contribution in [2.24, 2.45) is 0 Å². The third-order valence-electron chi connectivity index (χ3n) is 2.69. The molecule has 1 aromatic heterocycles. The molecule has 0 aliphatic carbocycles. The van der Waals surface area contributed by atoms with Crippen LogP contribution in [0, 0.1) is 17.0 Å². The van der Waals surface area contributed by atoms with Crippen molar-refractivity contribution < 1.29 is 18.1 Å². The number of hydrogen-bond donors (Lipinski definition) is 1. The first kappa shape index (κ1) is 14.7. The highest BCUT2D eigenvalue weighted by Gasteiger charge is 2.36. The topological polar surface area (TPSA) is 94.9 Å². The number of nitrogen functional groups attached to an aromatic ring is 1. The summed E-state index contributed by atoms with van der Waals surface area (Å²) in [4.78, 5) is 17.5. The van der Waals surface area contributed by atoms with Gasteiger partial charge in [-0.2, -0.15) is 13.2 Å². The van der Waals surface area contributed by atoms with Crippen molar-refractivity contribution in [2.75, 3.05) is 5.73 Å². The Balaban J connectivity index is 2.83. The van der Waals surface area contributed by atoms with Crippen molar-refractivity contribution >= 4 is 11.5 Å². The predicted molar refractivity (Wildman–Crippen MR) is 68.3 cm³/mol. The van der Waals surface area contributed by atoms with Crippen LogP contribution in [0.3, 0.4) is 0 Å². The monoisotopic (exact) mass is 298 g/mol. The highest BCUT2D eigenvalue weighted by atomic mass is 19.4. The van der Waals surface area contributed by atoms with Crippen LogP contribution in [0.2, 0.25) is 0 Å². The lowest BCUT2D eigenvalue weighted by Crippen LogP contribution is -2.10. The average molecular weight is 298 g/mol. The molecule has 0 unspecified atom stereocenters. The maximum Gasteiger partial charge on any atom is 0.417 e. The number of aryl methyl sites for hydroxylation is 1. The molecule has 0 saturated carbocycles. The van der Waals surface area contributed by atoms with Gasteiger partial charge >= 0.3 is 11.9 Å². The summed E-state index contributed by atoms with van der Waals surface area (Å²) in [7, 11) is 0. The number of nitrogens with two attached hydrogens (primary N) is 1. The molecular weight excluding hydrogens is 289 g/mol. The molecule has 0 aliphatic heterocycles. The van der Waals surface area contributed by atoms with Crippen molar-refractivity contribution in [3.63, 3.8) is 0 Å². The van der Waals surface area contributed by atoms with E-state index in [0.717, 1.165) is 12.1 Å². The zero-order chi connectivity index (χ0) is 15.8. The molecule has 0 aliphatic rings. The fourth-order valence-corrected chi connectivity index (χ4v) is 1.89. The number of benzene rings is 1. The molecular formula is C12H9F3N4O2. The Bertz CT molecular complexity index is 716. The molecule has 21 heavy (non-hydrogen) atoms. The van der Waals surface area contributed by atoms with Gasteiger partial charge in [0.25, 0.3) is 0 Å². The number of aromatic nitrogens is 2. The number of hydrogen-bond acceptors (Lipinski definition) is 5. The van der Waals surface area contributed by atoms with Crippen LogP contribution in [0.4, 0.5) is 24.7 Å². The smallest absolute Gasteiger partial charge is 0.378 e. The van der Waals surface area contributed by atoms with Gasteiger partial charge in [-0.15, -0.1) is 0 Å². The van der Waals surface area contributed by atoms with Crippen LogP contribution in [0.25, 0.3) is 11.3 Å². The second-order valence-electron chi connectivity index (χ2n) is 4.15. The number of rotatable bonds is 2. The Morgan fingerprint density at radius 2 is 1.86 bits per heavy atom. The van der Waals surface area contributed by atoms with E-state index in [1.807, 2.05) is 0 Å². The molecule has 1 aromatic carbocycles. The molecule has 9 heteroatoms. The molecule has 0 amide bonds. The Kier molecular flexibility index (Phi) is 3.50. The summed E-state index contributed by atoms with van der Waals surface area (Å²) >= 11 is 0. The van der Waals surface area contributed by atoms with Gasteiger partial charge in [0.15, 0.2) is 5.69 Å². The Morgan fingerprint density at radius 3 is 2.43 bits per heavy atom. The van der Waals surface area contributed by atoms with Crippen LogP contribution in [-0.2, 0) is 6.18 Å². The summed E-state index contributed by atoms with van der Waals surface area (Å²) in [5.74, 6) is -0.426. The second-order valence-corrected chi connectivity index (χ2v) is 4.15. The second kappa shape index (κ2) is 5.00. The van der Waals surface area contributed by atoms with Crippen LogP contribution in [0.15, 0.2) is 24.3 Å². The van der Waals surface area contributed by atoms with E-state index in [2.05, 4.69) is 9.97 Å². The van der Waals surface area contributed by atoms with Gasteiger partial charge in [-0.3, -0.25) is 10.1 Å². The van der Waals surface area contributed by atoms with E-state index >= 15 is 0 Å². The van der Waals surface area contributed by atoms with E-state index in [-0.39, 0.29) is 5.82 Å². The minimum absolute atomic E-state index is 0.0464. The highest BCUT2D eigenvalue weighted by Crippen LogP contribution is 2.40. The summed E-state index contributed by atoms with van der Waals surface area (Å²) in [5.41, 5.74) is 2.83. The first-order valence-corrected chi connectivity index (χ1v) is 5.67. The number of alkyl halides is 3. The van der Waals surface area contributed by atoms with Gasteiger partial charge < -0.3 is 5.73 Å². The number of halogens is 3. The van der Waals surface area contributed by atoms with Crippen LogP contribution >= 0.6 is 0 Å². The molecule has 2 aromatic rings. The van der Waals surface area contributed by atoms with Crippen molar-refractivity contribution in [1.82, 2.24) is 9.97 Å². The maximum absolute atomic E-state index is 13.0. The standard InChI is InChI=1S/C12H9F3N4O2/c1-6-17-9(10(19(20)21)11(16)18-6)7-4-2-3-5-8(7)12(13,14)15/h2-5H,1H3,(H2,16,17,18). The van der Waals surface area contributed by atoms with Crippen LogP contribution in [0.1, 0.15) is 11.4 Å². The number of nitro groups is 1. The van der Waals surface area contributed by atoms with Crippen LogP contribution in [-0.4, -0.2) is 14.9 Å². The molecule has 6 nitrogen and oxygen atoms in total. The van der Waals surface area contributed by atoms with Gasteiger partial charge in [0, 0.05) is 5.56 Å². The lowest BCUT2D eigenvalue weighted by molar-refractivity contribution is -0.383. The van der Waals surface area contributed by atoms with Gasteiger partial charge in [0.2, 0.25) is 5.82 Å². The van der Waals surface area contributed by atoms with Gasteiger partial charge in [-0.1, -0.05) is 18.2 Å². The summed E-state index contributed by atoms with van der Waals surface area (Å²) < 4.78 is 39.1. The van der Waals surface area contributed by atoms with E-state index in [1.54, 1.807) is 0 Å². The van der Waals surface area contributed by atoms with Gasteiger partial charge in [0.05, 0.1) is 10.5 Å². The van der Waals surface area contributed by atoms with Crippen LogP contribution in [0.5, 0.6) is 0 Å². The summed E-state index contributed by atoms with van der Waals surface area (Å²) in [5, 5.41) is 11.1.